The van der Waals surface area contributed by atoms with Crippen LogP contribution in [0, 0.1) is 0 Å². The van der Waals surface area contributed by atoms with Crippen LogP contribution >= 0.6 is 34.5 Å². The summed E-state index contributed by atoms with van der Waals surface area (Å²) in [5, 5.41) is 5.01. The average Bonchev–Trinajstić information content (AvgIpc) is 3.00. The van der Waals surface area contributed by atoms with E-state index in [0.717, 1.165) is 42.0 Å². The predicted molar refractivity (Wildman–Crippen MR) is 116 cm³/mol. The molecule has 140 valence electrons. The number of nitrogens with one attached hydrogen (secondary N) is 1. The molecule has 1 N–H and O–H groups in total. The molecule has 1 aliphatic rings. The summed E-state index contributed by atoms with van der Waals surface area (Å²) in [6, 6.07) is 13.4. The molecule has 0 saturated carbocycles. The fourth-order valence-corrected chi connectivity index (χ4v) is 4.85. The molecule has 0 atom stereocenters. The van der Waals surface area contributed by atoms with Gasteiger partial charge in [0, 0.05) is 41.3 Å². The van der Waals surface area contributed by atoms with Crippen molar-refractivity contribution >= 4 is 61.9 Å². The van der Waals surface area contributed by atoms with Gasteiger partial charge in [0.2, 0.25) is 0 Å². The minimum absolute atomic E-state index is 0.209. The zero-order valence-corrected chi connectivity index (χ0v) is 17.2. The molecule has 0 radical (unpaired) electrons. The lowest BCUT2D eigenvalue weighted by Crippen LogP contribution is -2.44. The summed E-state index contributed by atoms with van der Waals surface area (Å²) in [5.41, 5.74) is 1.70. The number of piperazine rings is 1. The smallest absolute Gasteiger partial charge is 0.267 e. The van der Waals surface area contributed by atoms with Gasteiger partial charge in [0.1, 0.15) is 4.88 Å². The van der Waals surface area contributed by atoms with Crippen molar-refractivity contribution in [3.63, 3.8) is 0 Å². The third kappa shape index (κ3) is 3.78. The van der Waals surface area contributed by atoms with Gasteiger partial charge in [-0.05, 0) is 31.3 Å². The third-order valence-corrected chi connectivity index (χ3v) is 6.70. The third-order valence-electron chi connectivity index (χ3n) is 4.79. The van der Waals surface area contributed by atoms with E-state index in [1.807, 2.05) is 36.4 Å². The second-order valence-electron chi connectivity index (χ2n) is 6.65. The topological polar surface area (TPSA) is 35.6 Å². The van der Waals surface area contributed by atoms with Crippen molar-refractivity contribution in [1.82, 2.24) is 4.90 Å². The van der Waals surface area contributed by atoms with E-state index in [1.165, 1.54) is 11.3 Å². The summed E-state index contributed by atoms with van der Waals surface area (Å²) < 4.78 is 0.998. The summed E-state index contributed by atoms with van der Waals surface area (Å²) in [4.78, 5) is 18.0. The summed E-state index contributed by atoms with van der Waals surface area (Å²) >= 11 is 14.1. The molecule has 0 spiro atoms. The molecule has 1 amide bonds. The molecule has 1 aromatic heterocycles. The van der Waals surface area contributed by atoms with Crippen LogP contribution in [0.1, 0.15) is 9.67 Å². The van der Waals surface area contributed by atoms with Crippen molar-refractivity contribution < 1.29 is 4.79 Å². The number of thiophene rings is 1. The highest BCUT2D eigenvalue weighted by Gasteiger charge is 2.21. The van der Waals surface area contributed by atoms with Crippen LogP contribution in [0.15, 0.2) is 42.5 Å². The van der Waals surface area contributed by atoms with Crippen molar-refractivity contribution in [1.29, 1.82) is 0 Å². The Hall–Kier alpha value is -1.79. The van der Waals surface area contributed by atoms with Crippen LogP contribution in [0.3, 0.4) is 0 Å². The lowest BCUT2D eigenvalue weighted by molar-refractivity contribution is 0.103. The Morgan fingerprint density at radius 3 is 2.56 bits per heavy atom. The molecule has 0 unspecified atom stereocenters. The highest BCUT2D eigenvalue weighted by molar-refractivity contribution is 7.21. The Morgan fingerprint density at radius 2 is 1.81 bits per heavy atom. The van der Waals surface area contributed by atoms with Crippen LogP contribution in [0.25, 0.3) is 10.1 Å². The van der Waals surface area contributed by atoms with Gasteiger partial charge in [-0.2, -0.15) is 0 Å². The second-order valence-corrected chi connectivity index (χ2v) is 8.51. The number of amides is 1. The zero-order valence-electron chi connectivity index (χ0n) is 14.8. The first-order chi connectivity index (χ1) is 13.0. The van der Waals surface area contributed by atoms with Crippen molar-refractivity contribution in [2.24, 2.45) is 0 Å². The van der Waals surface area contributed by atoms with Gasteiger partial charge in [-0.1, -0.05) is 41.4 Å². The molecule has 27 heavy (non-hydrogen) atoms. The first-order valence-corrected chi connectivity index (χ1v) is 10.3. The number of nitrogens with zero attached hydrogens (tertiary/aromatic N) is 2. The lowest BCUT2D eigenvalue weighted by atomic mass is 10.2. The van der Waals surface area contributed by atoms with Crippen LogP contribution in [0.2, 0.25) is 10.0 Å². The Labute approximate surface area is 172 Å². The molecule has 7 heteroatoms. The van der Waals surface area contributed by atoms with E-state index in [0.29, 0.717) is 20.6 Å². The number of rotatable bonds is 3. The van der Waals surface area contributed by atoms with Gasteiger partial charge in [0.15, 0.2) is 0 Å². The van der Waals surface area contributed by atoms with Gasteiger partial charge >= 0.3 is 0 Å². The van der Waals surface area contributed by atoms with Crippen molar-refractivity contribution in [3.8, 4) is 0 Å². The highest BCUT2D eigenvalue weighted by atomic mass is 35.5. The van der Waals surface area contributed by atoms with E-state index in [9.17, 15) is 4.79 Å². The van der Waals surface area contributed by atoms with E-state index >= 15 is 0 Å². The molecule has 2 heterocycles. The number of benzene rings is 2. The number of carbonyl (C=O) groups is 1. The minimum Gasteiger partial charge on any atom is -0.367 e. The number of hydrogen-bond donors (Lipinski definition) is 1. The molecular weight excluding hydrogens is 401 g/mol. The van der Waals surface area contributed by atoms with Gasteiger partial charge in [-0.25, -0.2) is 0 Å². The van der Waals surface area contributed by atoms with Crippen LogP contribution in [0.4, 0.5) is 11.4 Å². The molecular formula is C20H19Cl2N3OS. The van der Waals surface area contributed by atoms with E-state index < -0.39 is 0 Å². The monoisotopic (exact) mass is 419 g/mol. The van der Waals surface area contributed by atoms with Crippen LogP contribution in [-0.4, -0.2) is 44.0 Å². The SMILES string of the molecule is CN1CCN(c2ccc(Cl)cc2NC(=O)c2sc3ccccc3c2Cl)CC1. The van der Waals surface area contributed by atoms with Gasteiger partial charge in [-0.15, -0.1) is 11.3 Å². The number of anilines is 2. The van der Waals surface area contributed by atoms with Gasteiger partial charge in [-0.3, -0.25) is 4.79 Å². The van der Waals surface area contributed by atoms with Crippen molar-refractivity contribution in [3.05, 3.63) is 57.4 Å². The first-order valence-electron chi connectivity index (χ1n) is 8.74. The normalized spacial score (nSPS) is 15.3. The van der Waals surface area contributed by atoms with Crippen molar-refractivity contribution in [2.75, 3.05) is 43.4 Å². The number of likely N-dealkylation sites (N-methyl/N-ethyl adjacent to an activating group) is 1. The fourth-order valence-electron chi connectivity index (χ4n) is 3.27. The molecule has 1 saturated heterocycles. The van der Waals surface area contributed by atoms with Gasteiger partial charge < -0.3 is 15.1 Å². The summed E-state index contributed by atoms with van der Waals surface area (Å²) in [5.74, 6) is -0.209. The predicted octanol–water partition coefficient (Wildman–Crippen LogP) is 5.21. The highest BCUT2D eigenvalue weighted by Crippen LogP contribution is 2.37. The molecule has 4 rings (SSSR count). The lowest BCUT2D eigenvalue weighted by Gasteiger charge is -2.35. The number of halogens is 2. The number of fused-ring (bicyclic) bond motifs is 1. The maximum Gasteiger partial charge on any atom is 0.267 e. The zero-order chi connectivity index (χ0) is 19.0. The van der Waals surface area contributed by atoms with E-state index in [1.54, 1.807) is 6.07 Å². The molecule has 1 fully saturated rings. The second kappa shape index (κ2) is 7.68. The summed E-state index contributed by atoms with van der Waals surface area (Å²) in [6.07, 6.45) is 0. The average molecular weight is 420 g/mol. The Balaban J connectivity index is 1.64. The van der Waals surface area contributed by atoms with E-state index in [-0.39, 0.29) is 5.91 Å². The van der Waals surface area contributed by atoms with Crippen LogP contribution in [0.5, 0.6) is 0 Å². The standard InChI is InChI=1S/C20H19Cl2N3OS/c1-24-8-10-25(11-9-24)16-7-6-13(21)12-15(16)23-20(26)19-18(22)14-4-2-3-5-17(14)27-19/h2-7,12H,8-11H2,1H3,(H,23,26). The van der Waals surface area contributed by atoms with Crippen molar-refractivity contribution in [2.45, 2.75) is 0 Å². The van der Waals surface area contributed by atoms with E-state index in [4.69, 9.17) is 23.2 Å². The number of carbonyl (C=O) groups excluding carboxylic acids is 1. The Kier molecular flexibility index (Phi) is 5.28. The first kappa shape index (κ1) is 18.6. The summed E-state index contributed by atoms with van der Waals surface area (Å²) in [6.45, 7) is 3.78. The summed E-state index contributed by atoms with van der Waals surface area (Å²) in [7, 11) is 2.12. The Morgan fingerprint density at radius 1 is 1.07 bits per heavy atom. The molecule has 0 bridgehead atoms. The Bertz CT molecular complexity index is 996. The molecule has 4 nitrogen and oxygen atoms in total. The number of hydrogen-bond acceptors (Lipinski definition) is 4. The van der Waals surface area contributed by atoms with Gasteiger partial charge in [0.25, 0.3) is 5.91 Å². The van der Waals surface area contributed by atoms with E-state index in [2.05, 4.69) is 22.2 Å². The maximum atomic E-state index is 12.9. The molecule has 3 aromatic rings. The van der Waals surface area contributed by atoms with Crippen LogP contribution in [-0.2, 0) is 0 Å². The fraction of sp³-hybridized carbons (Fsp3) is 0.250. The minimum atomic E-state index is -0.209. The molecule has 2 aromatic carbocycles. The quantitative estimate of drug-likeness (QED) is 0.632. The largest absolute Gasteiger partial charge is 0.367 e. The maximum absolute atomic E-state index is 12.9. The molecule has 0 aliphatic carbocycles. The van der Waals surface area contributed by atoms with Crippen LogP contribution < -0.4 is 10.2 Å². The molecule has 1 aliphatic heterocycles. The van der Waals surface area contributed by atoms with Gasteiger partial charge in [0.05, 0.1) is 16.4 Å².